The fraction of sp³-hybridized carbons (Fsp3) is 0.363. The standard InChI is InChI=1S/C20H25NO5.C20H23NO5.C17H17BrO4.C17H18ClNO4.C17H17NO6/c2*1-12(22)11-21-19(25)16-17(23)14-8-7-13(6-5-9-26-4)10-15(14)20(2,3)18(16)24;1-9(19)4-7-13(20)14-15(21)11-8-10(18)5-6-12(11)17(2,3)16(14)22;1-8(9(2)20)19-16(23)13-14(21)11-7-10(18)5-6-12(11)17(3,4)15(13)22;1-8(19)7-18-15(22)12-13(20)10-5-4-9(16(23)24)6-11(10)17(2,3)14(12)21/h7-8,10,23H,5-6,9,11H2,1-4H3,(H,21,25);5-8,10,23H,9,11H2,1-4H3,(H,21,25);5-6,8,21H,4,7H2,1-3H3;5-8,21H,1-4H3,(H,19,23);4-6,20H,7H2,1-3H3,(H,18,22)(H,23,24)/b;6-5+;;;/t;;;8-;/m...1./s1. The zero-order valence-electron chi connectivity index (χ0n) is 70.5. The first kappa shape index (κ1) is 97.8. The van der Waals surface area contributed by atoms with Crippen LogP contribution in [0.15, 0.2) is 129 Å². The maximum Gasteiger partial charge on any atom is 0.335 e. The predicted molar refractivity (Wildman–Crippen MR) is 455 cm³/mol. The molecule has 10 rings (SSSR count). The normalized spacial score (nSPS) is 16.2. The lowest BCUT2D eigenvalue weighted by molar-refractivity contribution is -0.128. The Kier molecular flexibility index (Phi) is 32.2. The molecule has 30 heteroatoms. The number of nitrogens with one attached hydrogen (secondary N) is 4. The summed E-state index contributed by atoms with van der Waals surface area (Å²) >= 11 is 9.29. The Labute approximate surface area is 713 Å². The van der Waals surface area contributed by atoms with Gasteiger partial charge in [-0.05, 0) is 199 Å². The molecule has 0 aromatic heterocycles. The van der Waals surface area contributed by atoms with Crippen LogP contribution >= 0.6 is 27.5 Å². The largest absolute Gasteiger partial charge is 0.506 e. The Hall–Kier alpha value is -12.1. The maximum absolute atomic E-state index is 12.9. The molecule has 0 bridgehead atoms. The molecule has 5 aliphatic carbocycles. The average Bonchev–Trinajstić information content (AvgIpc) is 0.803. The molecule has 0 saturated carbocycles. The van der Waals surface area contributed by atoms with Crippen molar-refractivity contribution in [2.45, 2.75) is 170 Å². The first-order chi connectivity index (χ1) is 56.2. The minimum absolute atomic E-state index is 0.0214. The summed E-state index contributed by atoms with van der Waals surface area (Å²) in [7, 11) is 3.25. The second kappa shape index (κ2) is 39.9. The third-order valence-electron chi connectivity index (χ3n) is 20.9. The molecular formula is C91H100BrClN4O24. The van der Waals surface area contributed by atoms with Gasteiger partial charge in [0.2, 0.25) is 0 Å². The lowest BCUT2D eigenvalue weighted by Gasteiger charge is -2.32. The number of hydrogen-bond donors (Lipinski definition) is 10. The van der Waals surface area contributed by atoms with Crippen LogP contribution in [-0.2, 0) is 115 Å². The number of amides is 4. The first-order valence-corrected chi connectivity index (χ1v) is 39.4. The van der Waals surface area contributed by atoms with Crippen molar-refractivity contribution in [3.63, 3.8) is 0 Å². The molecule has 1 atom stereocenters. The van der Waals surface area contributed by atoms with Gasteiger partial charge in [-0.3, -0.25) is 67.1 Å². The Bertz CT molecular complexity index is 5390. The molecule has 5 aromatic rings. The zero-order valence-corrected chi connectivity index (χ0v) is 72.9. The summed E-state index contributed by atoms with van der Waals surface area (Å²) in [6, 6.07) is 24.1. The molecule has 5 aliphatic rings. The second-order valence-corrected chi connectivity index (χ2v) is 33.4. The number of allylic oxidation sites excluding steroid dienone is 1. The molecule has 0 heterocycles. The molecule has 0 radical (unpaired) electrons. The lowest BCUT2D eigenvalue weighted by Crippen LogP contribution is -2.44. The molecule has 4 amide bonds. The minimum atomic E-state index is -1.20. The third kappa shape index (κ3) is 22.0. The molecule has 5 aromatic carbocycles. The van der Waals surface area contributed by atoms with Crippen LogP contribution in [0.2, 0.25) is 5.02 Å². The number of ether oxygens (including phenoxy) is 2. The van der Waals surface area contributed by atoms with E-state index in [4.69, 9.17) is 26.2 Å². The van der Waals surface area contributed by atoms with E-state index in [-0.39, 0.29) is 112 Å². The van der Waals surface area contributed by atoms with E-state index < -0.39 is 115 Å². The molecule has 642 valence electrons. The first-order valence-electron chi connectivity index (χ1n) is 38.2. The van der Waals surface area contributed by atoms with Gasteiger partial charge in [-0.1, -0.05) is 94.3 Å². The maximum atomic E-state index is 12.9. The number of methoxy groups -OCH3 is 2. The van der Waals surface area contributed by atoms with Crippen LogP contribution in [0, 0.1) is 0 Å². The summed E-state index contributed by atoms with van der Waals surface area (Å²) in [6.45, 7) is 25.4. The number of hydrogen-bond acceptors (Lipinski definition) is 23. The van der Waals surface area contributed by atoms with Crippen molar-refractivity contribution in [2.24, 2.45) is 0 Å². The number of carbonyl (C=O) groups excluding carboxylic acids is 15. The van der Waals surface area contributed by atoms with Gasteiger partial charge in [-0.25, -0.2) is 4.79 Å². The van der Waals surface area contributed by atoms with Gasteiger partial charge in [-0.15, -0.1) is 0 Å². The van der Waals surface area contributed by atoms with Gasteiger partial charge in [0, 0.05) is 71.0 Å². The van der Waals surface area contributed by atoms with Crippen LogP contribution in [0.1, 0.15) is 207 Å². The molecule has 0 aliphatic heterocycles. The fourth-order valence-electron chi connectivity index (χ4n) is 13.6. The number of benzene rings is 5. The molecule has 28 nitrogen and oxygen atoms in total. The Morgan fingerprint density at radius 2 is 0.835 bits per heavy atom. The van der Waals surface area contributed by atoms with Crippen LogP contribution in [0.5, 0.6) is 0 Å². The number of carboxylic acids is 1. The zero-order chi connectivity index (χ0) is 91.4. The number of fused-ring (bicyclic) bond motifs is 5. The molecule has 0 fully saturated rings. The fourth-order valence-corrected chi connectivity index (χ4v) is 14.2. The van der Waals surface area contributed by atoms with E-state index in [2.05, 4.69) is 37.2 Å². The van der Waals surface area contributed by atoms with Gasteiger partial charge in [0.05, 0.1) is 64.9 Å². The summed E-state index contributed by atoms with van der Waals surface area (Å²) in [5.41, 5.74) is 0.152. The van der Waals surface area contributed by atoms with E-state index in [0.717, 1.165) is 28.4 Å². The quantitative estimate of drug-likeness (QED) is 0.0203. The topological polar surface area (TPSA) is 461 Å². The third-order valence-corrected chi connectivity index (χ3v) is 21.6. The number of aliphatic hydroxyl groups excluding tert-OH is 5. The van der Waals surface area contributed by atoms with Crippen LogP contribution in [0.25, 0.3) is 34.9 Å². The number of Topliss-reactive ketones (excluding diaryl/α,β-unsaturated/α-hetero) is 11. The monoisotopic (exact) mass is 1750 g/mol. The smallest absolute Gasteiger partial charge is 0.335 e. The molecule has 0 saturated heterocycles. The van der Waals surface area contributed by atoms with Crippen molar-refractivity contribution in [1.82, 2.24) is 21.3 Å². The molecule has 0 spiro atoms. The number of carbonyl (C=O) groups is 16. The number of halogens is 2. The van der Waals surface area contributed by atoms with E-state index in [1.807, 2.05) is 30.4 Å². The minimum Gasteiger partial charge on any atom is -0.506 e. The van der Waals surface area contributed by atoms with Crippen molar-refractivity contribution < 1.29 is 117 Å². The number of carboxylic acid groups (broad SMARTS) is 1. The second-order valence-electron chi connectivity index (χ2n) is 32.1. The average molecular weight is 1750 g/mol. The lowest BCUT2D eigenvalue weighted by atomic mass is 9.70. The molecular weight excluding hydrogens is 1650 g/mol. The van der Waals surface area contributed by atoms with Crippen molar-refractivity contribution >= 4 is 156 Å². The number of rotatable bonds is 24. The van der Waals surface area contributed by atoms with Crippen molar-refractivity contribution in [3.8, 4) is 0 Å². The summed E-state index contributed by atoms with van der Waals surface area (Å²) in [5, 5.41) is 71.3. The number of ketones is 11. The van der Waals surface area contributed by atoms with E-state index in [0.29, 0.717) is 68.3 Å². The highest BCUT2D eigenvalue weighted by Gasteiger charge is 2.49. The van der Waals surface area contributed by atoms with Gasteiger partial charge in [0.25, 0.3) is 23.6 Å². The van der Waals surface area contributed by atoms with Gasteiger partial charge >= 0.3 is 5.97 Å². The Morgan fingerprint density at radius 3 is 1.26 bits per heavy atom. The van der Waals surface area contributed by atoms with E-state index >= 15 is 0 Å². The SMILES string of the molecule is CC(=O)CCC(=O)C1=C(O)c2cc(Br)ccc2C(C)(C)C1=O.CC(=O)CNC(=O)C1=C(O)c2ccc(C(=O)O)cc2C(C)(C)C1=O.CC(=O)[C@@H](C)NC(=O)C1=C(O)c2cc(Cl)ccc2C(C)(C)C1=O.COC/C=C/c1ccc2c(c1)C(C)(C)C(=O)C(C(=O)NCC(C)=O)=C2O.COCCCc1ccc2c(c1)C(C)(C)C(=O)C(C(=O)NCC(C)=O)=C2O. The van der Waals surface area contributed by atoms with Crippen LogP contribution in [-0.4, -0.2) is 177 Å². The number of aryl methyl sites for hydroxylation is 1. The number of aliphatic hydroxyl groups is 5. The van der Waals surface area contributed by atoms with E-state index in [1.54, 1.807) is 132 Å². The highest BCUT2D eigenvalue weighted by Crippen LogP contribution is 2.46. The highest BCUT2D eigenvalue weighted by atomic mass is 79.9. The summed E-state index contributed by atoms with van der Waals surface area (Å²) in [4.78, 5) is 192. The Balaban J connectivity index is 0.000000235. The highest BCUT2D eigenvalue weighted by molar-refractivity contribution is 9.10. The number of aromatic carboxylic acids is 1. The molecule has 10 N–H and O–H groups in total. The molecule has 0 unspecified atom stereocenters. The molecule has 121 heavy (non-hydrogen) atoms. The van der Waals surface area contributed by atoms with Gasteiger partial charge < -0.3 is 66.2 Å². The van der Waals surface area contributed by atoms with Crippen LogP contribution < -0.4 is 21.3 Å². The summed E-state index contributed by atoms with van der Waals surface area (Å²) in [5.74, 6) is -10.3. The predicted octanol–water partition coefficient (Wildman–Crippen LogP) is 11.6. The summed E-state index contributed by atoms with van der Waals surface area (Å²) < 4.78 is 10.8. The Morgan fingerprint density at radius 1 is 0.446 bits per heavy atom. The van der Waals surface area contributed by atoms with Crippen LogP contribution in [0.3, 0.4) is 0 Å². The van der Waals surface area contributed by atoms with Crippen molar-refractivity contribution in [1.29, 1.82) is 0 Å². The summed E-state index contributed by atoms with van der Waals surface area (Å²) in [6.07, 6.45) is 5.34. The van der Waals surface area contributed by atoms with Gasteiger partial charge in [0.15, 0.2) is 40.5 Å². The van der Waals surface area contributed by atoms with E-state index in [1.165, 1.54) is 65.8 Å². The van der Waals surface area contributed by atoms with Gasteiger partial charge in [-0.2, -0.15) is 0 Å². The van der Waals surface area contributed by atoms with Crippen molar-refractivity contribution in [2.75, 3.05) is 47.1 Å². The van der Waals surface area contributed by atoms with Gasteiger partial charge in [0.1, 0.15) is 79.8 Å². The van der Waals surface area contributed by atoms with E-state index in [9.17, 15) is 102 Å². The van der Waals surface area contributed by atoms with Crippen LogP contribution in [0.4, 0.5) is 0 Å². The van der Waals surface area contributed by atoms with Crippen molar-refractivity contribution in [3.05, 3.63) is 207 Å².